The highest BCUT2D eigenvalue weighted by molar-refractivity contribution is 7.10. The molecule has 1 saturated heterocycles. The van der Waals surface area contributed by atoms with Crippen LogP contribution in [0.5, 0.6) is 11.5 Å². The third-order valence-electron chi connectivity index (χ3n) is 7.70. The Balaban J connectivity index is 1.09. The van der Waals surface area contributed by atoms with E-state index in [1.807, 2.05) is 22.8 Å². The molecule has 1 fully saturated rings. The van der Waals surface area contributed by atoms with E-state index < -0.39 is 0 Å². The molecule has 0 unspecified atom stereocenters. The fourth-order valence-electron chi connectivity index (χ4n) is 5.75. The molecule has 0 radical (unpaired) electrons. The fourth-order valence-corrected chi connectivity index (χ4v) is 6.66. The van der Waals surface area contributed by atoms with Crippen LogP contribution in [0.2, 0.25) is 0 Å². The fraction of sp³-hybridized carbons (Fsp3) is 0.379. The summed E-state index contributed by atoms with van der Waals surface area (Å²) in [5.74, 6) is 1.000. The van der Waals surface area contributed by atoms with E-state index in [0.29, 0.717) is 49.7 Å². The lowest BCUT2D eigenvalue weighted by molar-refractivity contribution is -0.134. The molecule has 3 aliphatic heterocycles. The quantitative estimate of drug-likeness (QED) is 0.487. The van der Waals surface area contributed by atoms with Crippen molar-refractivity contribution in [2.24, 2.45) is 0 Å². The van der Waals surface area contributed by atoms with Crippen LogP contribution in [0.25, 0.3) is 0 Å². The lowest BCUT2D eigenvalue weighted by Gasteiger charge is -2.41. The number of piperazine rings is 1. The predicted molar refractivity (Wildman–Crippen MR) is 142 cm³/mol. The van der Waals surface area contributed by atoms with Crippen molar-refractivity contribution >= 4 is 23.2 Å². The van der Waals surface area contributed by atoms with Crippen LogP contribution in [-0.2, 0) is 11.2 Å². The van der Waals surface area contributed by atoms with Crippen LogP contribution < -0.4 is 9.47 Å². The summed E-state index contributed by atoms with van der Waals surface area (Å²) in [6.07, 6.45) is 1.32. The topological polar surface area (TPSA) is 62.3 Å². The van der Waals surface area contributed by atoms with E-state index in [4.69, 9.17) is 9.47 Å². The van der Waals surface area contributed by atoms with Crippen molar-refractivity contribution in [2.75, 3.05) is 39.5 Å². The Bertz CT molecular complexity index is 1360. The van der Waals surface area contributed by atoms with Crippen molar-refractivity contribution < 1.29 is 23.5 Å². The van der Waals surface area contributed by atoms with Gasteiger partial charge in [0.15, 0.2) is 11.5 Å². The molecular formula is C29H30FN3O4S. The average Bonchev–Trinajstić information content (AvgIpc) is 3.60. The molecule has 6 rings (SSSR count). The second-order valence-corrected chi connectivity index (χ2v) is 11.0. The molecule has 198 valence electrons. The first kappa shape index (κ1) is 24.9. The number of rotatable bonds is 5. The van der Waals surface area contributed by atoms with Crippen molar-refractivity contribution in [3.05, 3.63) is 81.3 Å². The SMILES string of the molecule is C[C@H]1CN(C(=O)CCN2CCc3sccc3[C@H]2c2cccc(F)c2)CCN1C(=O)c1ccc2c(c1)OCO2. The molecule has 2 aromatic carbocycles. The summed E-state index contributed by atoms with van der Waals surface area (Å²) in [7, 11) is 0. The van der Waals surface area contributed by atoms with Crippen LogP contribution in [0, 0.1) is 5.82 Å². The van der Waals surface area contributed by atoms with Gasteiger partial charge in [-0.1, -0.05) is 12.1 Å². The van der Waals surface area contributed by atoms with Gasteiger partial charge < -0.3 is 19.3 Å². The number of hydrogen-bond donors (Lipinski definition) is 0. The maximum Gasteiger partial charge on any atom is 0.254 e. The molecule has 38 heavy (non-hydrogen) atoms. The molecule has 0 aliphatic carbocycles. The van der Waals surface area contributed by atoms with Crippen LogP contribution in [-0.4, -0.2) is 72.1 Å². The highest BCUT2D eigenvalue weighted by atomic mass is 32.1. The minimum atomic E-state index is -0.247. The molecule has 4 heterocycles. The van der Waals surface area contributed by atoms with Crippen molar-refractivity contribution in [1.29, 1.82) is 0 Å². The Hall–Kier alpha value is -3.43. The largest absolute Gasteiger partial charge is 0.454 e. The first-order valence-electron chi connectivity index (χ1n) is 13.0. The van der Waals surface area contributed by atoms with Crippen LogP contribution in [0.15, 0.2) is 53.9 Å². The second-order valence-electron chi connectivity index (χ2n) is 10.0. The molecule has 7 nitrogen and oxygen atoms in total. The van der Waals surface area contributed by atoms with Crippen LogP contribution >= 0.6 is 11.3 Å². The highest BCUT2D eigenvalue weighted by Crippen LogP contribution is 2.38. The van der Waals surface area contributed by atoms with Gasteiger partial charge in [-0.3, -0.25) is 14.5 Å². The van der Waals surface area contributed by atoms with Crippen LogP contribution in [0.1, 0.15) is 45.7 Å². The highest BCUT2D eigenvalue weighted by Gasteiger charge is 2.33. The van der Waals surface area contributed by atoms with Gasteiger partial charge in [0, 0.05) is 55.6 Å². The van der Waals surface area contributed by atoms with Gasteiger partial charge in [0.05, 0.1) is 6.04 Å². The lowest BCUT2D eigenvalue weighted by atomic mass is 9.93. The zero-order valence-electron chi connectivity index (χ0n) is 21.3. The number of hydrogen-bond acceptors (Lipinski definition) is 6. The molecule has 3 aliphatic rings. The molecule has 3 aromatic rings. The van der Waals surface area contributed by atoms with Gasteiger partial charge >= 0.3 is 0 Å². The van der Waals surface area contributed by atoms with E-state index in [0.717, 1.165) is 18.5 Å². The van der Waals surface area contributed by atoms with Gasteiger partial charge in [-0.2, -0.15) is 0 Å². The van der Waals surface area contributed by atoms with Gasteiger partial charge in [0.1, 0.15) is 5.82 Å². The normalized spacial score (nSPS) is 20.9. The number of carbonyl (C=O) groups is 2. The smallest absolute Gasteiger partial charge is 0.254 e. The molecular weight excluding hydrogens is 505 g/mol. The molecule has 2 atom stereocenters. The summed E-state index contributed by atoms with van der Waals surface area (Å²) in [6.45, 7) is 5.05. The molecule has 0 spiro atoms. The minimum absolute atomic E-state index is 0.0522. The van der Waals surface area contributed by atoms with E-state index in [1.54, 1.807) is 41.7 Å². The Morgan fingerprint density at radius 1 is 1.05 bits per heavy atom. The van der Waals surface area contributed by atoms with Crippen molar-refractivity contribution in [3.63, 3.8) is 0 Å². The molecule has 0 bridgehead atoms. The predicted octanol–water partition coefficient (Wildman–Crippen LogP) is 4.33. The number of benzene rings is 2. The van der Waals surface area contributed by atoms with Gasteiger partial charge in [-0.05, 0) is 66.2 Å². The minimum Gasteiger partial charge on any atom is -0.454 e. The summed E-state index contributed by atoms with van der Waals surface area (Å²) in [4.78, 5) is 33.8. The third kappa shape index (κ3) is 4.76. The van der Waals surface area contributed by atoms with Crippen molar-refractivity contribution in [3.8, 4) is 11.5 Å². The number of fused-ring (bicyclic) bond motifs is 2. The number of halogens is 1. The molecule has 9 heteroatoms. The molecule has 0 N–H and O–H groups in total. The van der Waals surface area contributed by atoms with Gasteiger partial charge in [0.25, 0.3) is 5.91 Å². The Kier molecular flexibility index (Phi) is 6.80. The van der Waals surface area contributed by atoms with Gasteiger partial charge in [-0.25, -0.2) is 4.39 Å². The number of nitrogens with zero attached hydrogens (tertiary/aromatic N) is 3. The summed E-state index contributed by atoms with van der Waals surface area (Å²) < 4.78 is 24.8. The first-order chi connectivity index (χ1) is 18.5. The van der Waals surface area contributed by atoms with Crippen LogP contribution in [0.3, 0.4) is 0 Å². The number of amides is 2. The number of ether oxygens (including phenoxy) is 2. The summed E-state index contributed by atoms with van der Waals surface area (Å²) in [6, 6.07) is 14.0. The Labute approximate surface area is 225 Å². The van der Waals surface area contributed by atoms with Gasteiger partial charge in [-0.15, -0.1) is 11.3 Å². The van der Waals surface area contributed by atoms with E-state index in [2.05, 4.69) is 16.3 Å². The lowest BCUT2D eigenvalue weighted by Crippen LogP contribution is -2.55. The summed E-state index contributed by atoms with van der Waals surface area (Å²) >= 11 is 1.74. The summed E-state index contributed by atoms with van der Waals surface area (Å²) in [5, 5.41) is 2.09. The van der Waals surface area contributed by atoms with Crippen LogP contribution in [0.4, 0.5) is 4.39 Å². The molecule has 2 amide bonds. The molecule has 0 saturated carbocycles. The monoisotopic (exact) mass is 535 g/mol. The first-order valence-corrected chi connectivity index (χ1v) is 13.9. The van der Waals surface area contributed by atoms with E-state index in [1.165, 1.54) is 16.5 Å². The summed E-state index contributed by atoms with van der Waals surface area (Å²) in [5.41, 5.74) is 2.69. The van der Waals surface area contributed by atoms with E-state index in [-0.39, 0.29) is 36.5 Å². The number of carbonyl (C=O) groups excluding carboxylic acids is 2. The van der Waals surface area contributed by atoms with Crippen molar-refractivity contribution in [1.82, 2.24) is 14.7 Å². The van der Waals surface area contributed by atoms with Gasteiger partial charge in [0.2, 0.25) is 12.7 Å². The average molecular weight is 536 g/mol. The van der Waals surface area contributed by atoms with Crippen molar-refractivity contribution in [2.45, 2.75) is 31.8 Å². The third-order valence-corrected chi connectivity index (χ3v) is 8.70. The maximum absolute atomic E-state index is 14.1. The zero-order chi connectivity index (χ0) is 26.2. The Morgan fingerprint density at radius 3 is 2.76 bits per heavy atom. The van der Waals surface area contributed by atoms with E-state index in [9.17, 15) is 14.0 Å². The second kappa shape index (κ2) is 10.4. The zero-order valence-corrected chi connectivity index (χ0v) is 22.1. The molecule has 1 aromatic heterocycles. The maximum atomic E-state index is 14.1. The number of thiophene rings is 1. The van der Waals surface area contributed by atoms with E-state index >= 15 is 0 Å². The Morgan fingerprint density at radius 2 is 1.92 bits per heavy atom. The standard InChI is InChI=1S/C29H30FN3O4S/c1-19-17-32(12-13-33(19)29(35)21-5-6-24-25(16-21)37-18-36-24)27(34)8-11-31-10-7-26-23(9-14-38-26)28(31)20-3-2-4-22(30)15-20/h2-6,9,14-16,19,28H,7-8,10-13,17-18H2,1H3/t19-,28+/m0/s1.